The van der Waals surface area contributed by atoms with Crippen molar-refractivity contribution in [3.63, 3.8) is 0 Å². The number of aliphatic hydroxyl groups excluding tert-OH is 1. The first kappa shape index (κ1) is 12.9. The highest BCUT2D eigenvalue weighted by molar-refractivity contribution is 7.21. The first-order valence-corrected chi connectivity index (χ1v) is 6.25. The van der Waals surface area contributed by atoms with Gasteiger partial charge < -0.3 is 9.52 Å². The number of fused-ring (bicyclic) bond motifs is 1. The van der Waals surface area contributed by atoms with Crippen LogP contribution in [0.2, 0.25) is 0 Å². The zero-order valence-electron chi connectivity index (χ0n) is 9.85. The Hall–Kier alpha value is -2.58. The summed E-state index contributed by atoms with van der Waals surface area (Å²) in [6.07, 6.45) is 3.35. The van der Waals surface area contributed by atoms with Gasteiger partial charge in [-0.05, 0) is 24.3 Å². The highest BCUT2D eigenvalue weighted by Crippen LogP contribution is 2.29. The Morgan fingerprint density at radius 1 is 1.26 bits per heavy atom. The minimum Gasteiger partial charge on any atom is -0.515 e. The molecule has 94 valence electrons. The fourth-order valence-corrected chi connectivity index (χ4v) is 2.35. The summed E-state index contributed by atoms with van der Waals surface area (Å²) < 4.78 is 6.49. The normalized spacial score (nSPS) is 10.1. The second-order valence-corrected chi connectivity index (χ2v) is 4.44. The van der Waals surface area contributed by atoms with Crippen LogP contribution in [-0.2, 0) is 0 Å². The Balaban J connectivity index is 0.000000232. The van der Waals surface area contributed by atoms with E-state index in [1.165, 1.54) is 4.70 Å². The van der Waals surface area contributed by atoms with Crippen LogP contribution in [0.3, 0.4) is 0 Å². The van der Waals surface area contributed by atoms with Crippen LogP contribution < -0.4 is 0 Å². The number of rotatable bonds is 1. The van der Waals surface area contributed by atoms with E-state index in [9.17, 15) is 0 Å². The molecule has 2 aromatic heterocycles. The number of thiazole rings is 1. The van der Waals surface area contributed by atoms with Crippen LogP contribution in [-0.4, -0.2) is 10.1 Å². The minimum absolute atomic E-state index is 0.694. The highest BCUT2D eigenvalue weighted by Gasteiger charge is 2.06. The van der Waals surface area contributed by atoms with Crippen molar-refractivity contribution in [1.29, 1.82) is 5.26 Å². The first-order chi connectivity index (χ1) is 9.35. The lowest BCUT2D eigenvalue weighted by Crippen LogP contribution is -1.69. The number of hydrogen-bond acceptors (Lipinski definition) is 5. The fourth-order valence-electron chi connectivity index (χ4n) is 1.41. The van der Waals surface area contributed by atoms with E-state index in [2.05, 4.69) is 11.1 Å². The molecule has 19 heavy (non-hydrogen) atoms. The zero-order valence-corrected chi connectivity index (χ0v) is 10.7. The molecule has 0 spiro atoms. The Morgan fingerprint density at radius 3 is 2.68 bits per heavy atom. The maximum absolute atomic E-state index is 7.66. The van der Waals surface area contributed by atoms with Gasteiger partial charge in [-0.3, -0.25) is 0 Å². The van der Waals surface area contributed by atoms with Crippen molar-refractivity contribution < 1.29 is 9.52 Å². The van der Waals surface area contributed by atoms with E-state index in [4.69, 9.17) is 14.8 Å². The zero-order chi connectivity index (χ0) is 13.5. The van der Waals surface area contributed by atoms with Crippen LogP contribution in [0.4, 0.5) is 0 Å². The standard InChI is InChI=1S/C11H7NOS.C3H3NO/c1-2-6-10-8(4-1)12-11(14-10)9-5-3-7-13-9;4-2-1-3-5/h1-7H;1,3,5H. The number of nitriles is 1. The van der Waals surface area contributed by atoms with Crippen LogP contribution in [0.15, 0.2) is 59.4 Å². The summed E-state index contributed by atoms with van der Waals surface area (Å²) in [5, 5.41) is 16.2. The molecule has 0 aliphatic carbocycles. The monoisotopic (exact) mass is 270 g/mol. The molecule has 3 rings (SSSR count). The quantitative estimate of drug-likeness (QED) is 0.533. The topological polar surface area (TPSA) is 70.0 Å². The van der Waals surface area contributed by atoms with E-state index in [-0.39, 0.29) is 0 Å². The molecule has 0 saturated carbocycles. The molecule has 0 amide bonds. The van der Waals surface area contributed by atoms with E-state index in [0.717, 1.165) is 22.4 Å². The second kappa shape index (κ2) is 6.38. The molecule has 0 aliphatic rings. The smallest absolute Gasteiger partial charge is 0.162 e. The lowest BCUT2D eigenvalue weighted by Gasteiger charge is -1.84. The van der Waals surface area contributed by atoms with E-state index in [0.29, 0.717) is 6.26 Å². The number of furan rings is 1. The average Bonchev–Trinajstić information content (AvgIpc) is 3.09. The molecule has 1 N–H and O–H groups in total. The largest absolute Gasteiger partial charge is 0.515 e. The van der Waals surface area contributed by atoms with Gasteiger partial charge >= 0.3 is 0 Å². The van der Waals surface area contributed by atoms with Gasteiger partial charge in [0.05, 0.1) is 34.9 Å². The molecular weight excluding hydrogens is 260 g/mol. The van der Waals surface area contributed by atoms with Crippen LogP contribution in [0, 0.1) is 11.3 Å². The van der Waals surface area contributed by atoms with Gasteiger partial charge in [0.2, 0.25) is 0 Å². The van der Waals surface area contributed by atoms with Gasteiger partial charge in [-0.25, -0.2) is 4.98 Å². The van der Waals surface area contributed by atoms with E-state index in [1.54, 1.807) is 23.7 Å². The van der Waals surface area contributed by atoms with Crippen LogP contribution in [0.1, 0.15) is 0 Å². The fraction of sp³-hybridized carbons (Fsp3) is 0. The summed E-state index contributed by atoms with van der Waals surface area (Å²) in [6.45, 7) is 0. The summed E-state index contributed by atoms with van der Waals surface area (Å²) >= 11 is 1.65. The number of hydrogen-bond donors (Lipinski definition) is 1. The van der Waals surface area contributed by atoms with Gasteiger partial charge in [-0.1, -0.05) is 12.1 Å². The molecule has 0 bridgehead atoms. The number of allylic oxidation sites excluding steroid dienone is 1. The van der Waals surface area contributed by atoms with E-state index in [1.807, 2.05) is 30.3 Å². The maximum atomic E-state index is 7.66. The van der Waals surface area contributed by atoms with Crippen molar-refractivity contribution in [2.45, 2.75) is 0 Å². The third-order valence-electron chi connectivity index (χ3n) is 2.17. The maximum Gasteiger partial charge on any atom is 0.162 e. The van der Waals surface area contributed by atoms with Gasteiger partial charge in [-0.2, -0.15) is 5.26 Å². The molecule has 1 aromatic carbocycles. The van der Waals surface area contributed by atoms with Crippen molar-refractivity contribution >= 4 is 21.6 Å². The average molecular weight is 270 g/mol. The lowest BCUT2D eigenvalue weighted by atomic mass is 10.3. The summed E-state index contributed by atoms with van der Waals surface area (Å²) in [5.74, 6) is 0.839. The van der Waals surface area contributed by atoms with Gasteiger partial charge in [0, 0.05) is 0 Å². The van der Waals surface area contributed by atoms with E-state index >= 15 is 0 Å². The molecule has 0 radical (unpaired) electrons. The van der Waals surface area contributed by atoms with Crippen molar-refractivity contribution in [2.24, 2.45) is 0 Å². The molecule has 0 fully saturated rings. The first-order valence-electron chi connectivity index (χ1n) is 5.43. The lowest BCUT2D eigenvalue weighted by molar-refractivity contribution is 0.474. The molecule has 0 unspecified atom stereocenters. The van der Waals surface area contributed by atoms with Gasteiger partial charge in [-0.15, -0.1) is 11.3 Å². The SMILES string of the molecule is N#CC=CO.c1coc(-c2nc3ccccc3s2)c1. The van der Waals surface area contributed by atoms with Gasteiger partial charge in [0.25, 0.3) is 0 Å². The number of para-hydroxylation sites is 1. The Bertz CT molecular complexity index is 675. The van der Waals surface area contributed by atoms with Crippen molar-refractivity contribution in [2.75, 3.05) is 0 Å². The summed E-state index contributed by atoms with van der Waals surface area (Å²) in [6, 6.07) is 13.5. The molecule has 0 saturated heterocycles. The predicted octanol–water partition coefficient (Wildman–Crippen LogP) is 4.14. The molecule has 0 atom stereocenters. The van der Waals surface area contributed by atoms with Gasteiger partial charge in [0.1, 0.15) is 0 Å². The number of nitrogens with zero attached hydrogens (tertiary/aromatic N) is 2. The Kier molecular flexibility index (Phi) is 4.32. The van der Waals surface area contributed by atoms with Crippen LogP contribution in [0.25, 0.3) is 21.0 Å². The molecule has 4 nitrogen and oxygen atoms in total. The van der Waals surface area contributed by atoms with Crippen molar-refractivity contribution in [1.82, 2.24) is 4.98 Å². The Labute approximate surface area is 113 Å². The molecular formula is C14H10N2O2S. The molecule has 0 aliphatic heterocycles. The third kappa shape index (κ3) is 3.21. The number of aliphatic hydroxyl groups is 1. The summed E-state index contributed by atoms with van der Waals surface area (Å²) in [5.41, 5.74) is 1.03. The Morgan fingerprint density at radius 2 is 2.11 bits per heavy atom. The predicted molar refractivity (Wildman–Crippen MR) is 74.7 cm³/mol. The minimum atomic E-state index is 0.694. The number of benzene rings is 1. The summed E-state index contributed by atoms with van der Waals surface area (Å²) in [4.78, 5) is 4.48. The van der Waals surface area contributed by atoms with Crippen LogP contribution >= 0.6 is 11.3 Å². The molecule has 5 heteroatoms. The van der Waals surface area contributed by atoms with Crippen molar-refractivity contribution in [3.05, 3.63) is 55.0 Å². The highest BCUT2D eigenvalue weighted by atomic mass is 32.1. The van der Waals surface area contributed by atoms with E-state index < -0.39 is 0 Å². The van der Waals surface area contributed by atoms with Gasteiger partial charge in [0.15, 0.2) is 10.8 Å². The third-order valence-corrected chi connectivity index (χ3v) is 3.23. The summed E-state index contributed by atoms with van der Waals surface area (Å²) in [7, 11) is 0. The van der Waals surface area contributed by atoms with Crippen LogP contribution in [0.5, 0.6) is 0 Å². The molecule has 3 aromatic rings. The number of aromatic nitrogens is 1. The second-order valence-electron chi connectivity index (χ2n) is 3.41. The van der Waals surface area contributed by atoms with Crippen molar-refractivity contribution in [3.8, 4) is 16.8 Å². The molecule has 2 heterocycles.